The van der Waals surface area contributed by atoms with Gasteiger partial charge < -0.3 is 15.5 Å². The molecular weight excluding hydrogens is 200 g/mol. The van der Waals surface area contributed by atoms with Crippen LogP contribution in [0.2, 0.25) is 0 Å². The molecule has 0 aliphatic heterocycles. The highest BCUT2D eigenvalue weighted by Crippen LogP contribution is 1.96. The molecule has 84 valence electrons. The van der Waals surface area contributed by atoms with Gasteiger partial charge in [0.05, 0.1) is 13.2 Å². The molecule has 7 nitrogen and oxygen atoms in total. The molecule has 0 amide bonds. The largest absolute Gasteiger partial charge is 0.475 e. The summed E-state index contributed by atoms with van der Waals surface area (Å²) in [7, 11) is 0. The highest BCUT2D eigenvalue weighted by Gasteiger charge is 2.11. The van der Waals surface area contributed by atoms with E-state index in [-0.39, 0.29) is 12.4 Å². The highest BCUT2D eigenvalue weighted by molar-refractivity contribution is 5.82. The molecule has 0 radical (unpaired) electrons. The summed E-state index contributed by atoms with van der Waals surface area (Å²) < 4.78 is 1.52. The molecule has 7 heteroatoms. The summed E-state index contributed by atoms with van der Waals surface area (Å²) in [6.07, 6.45) is 0. The van der Waals surface area contributed by atoms with Crippen molar-refractivity contribution in [1.82, 2.24) is 20.1 Å². The molecule has 0 aromatic carbocycles. The number of aryl methyl sites for hydroxylation is 1. The van der Waals surface area contributed by atoms with Gasteiger partial charge in [0.25, 0.3) is 5.82 Å². The summed E-state index contributed by atoms with van der Waals surface area (Å²) in [5, 5.41) is 23.9. The molecule has 1 rings (SSSR count). The average molecular weight is 214 g/mol. The Labute approximate surface area is 86.7 Å². The zero-order valence-corrected chi connectivity index (χ0v) is 8.47. The Bertz CT molecular complexity index is 337. The summed E-state index contributed by atoms with van der Waals surface area (Å²) in [6, 6.07) is 0. The number of nitrogens with zero attached hydrogens (tertiary/aromatic N) is 3. The van der Waals surface area contributed by atoms with E-state index in [1.807, 2.05) is 0 Å². The van der Waals surface area contributed by atoms with Gasteiger partial charge in [0.2, 0.25) is 0 Å². The van der Waals surface area contributed by atoms with Gasteiger partial charge >= 0.3 is 5.97 Å². The fourth-order valence-corrected chi connectivity index (χ4v) is 1.11. The molecule has 0 atom stereocenters. The number of aromatic nitrogens is 3. The normalized spacial score (nSPS) is 10.5. The minimum absolute atomic E-state index is 0.0801. The van der Waals surface area contributed by atoms with Crippen LogP contribution in [0.1, 0.15) is 16.4 Å². The van der Waals surface area contributed by atoms with Crippen molar-refractivity contribution in [3.05, 3.63) is 11.6 Å². The van der Waals surface area contributed by atoms with Crippen molar-refractivity contribution in [3.8, 4) is 0 Å². The van der Waals surface area contributed by atoms with Crippen LogP contribution in [-0.4, -0.2) is 50.6 Å². The van der Waals surface area contributed by atoms with Crippen LogP contribution in [0.3, 0.4) is 0 Å². The second-order valence-electron chi connectivity index (χ2n) is 2.98. The number of carboxylic acid groups (broad SMARTS) is 1. The van der Waals surface area contributed by atoms with Gasteiger partial charge in [0, 0.05) is 13.1 Å². The van der Waals surface area contributed by atoms with E-state index in [0.717, 1.165) is 0 Å². The number of aromatic carboxylic acids is 1. The molecule has 0 saturated heterocycles. The average Bonchev–Trinajstić information content (AvgIpc) is 2.55. The standard InChI is InChI=1S/C8H14N4O3/c1-6-10-7(8(14)15)11-12(6)4-2-9-3-5-13/h9,13H,2-5H2,1H3,(H,14,15). The first kappa shape index (κ1) is 11.6. The number of nitrogens with one attached hydrogen (secondary N) is 1. The second-order valence-corrected chi connectivity index (χ2v) is 2.98. The lowest BCUT2D eigenvalue weighted by Crippen LogP contribution is -2.24. The Morgan fingerprint density at radius 1 is 1.53 bits per heavy atom. The third-order valence-electron chi connectivity index (χ3n) is 1.84. The van der Waals surface area contributed by atoms with E-state index in [1.54, 1.807) is 6.92 Å². The zero-order valence-electron chi connectivity index (χ0n) is 8.47. The molecule has 1 aromatic rings. The molecule has 0 aliphatic rings. The van der Waals surface area contributed by atoms with Crippen LogP contribution < -0.4 is 5.32 Å². The highest BCUT2D eigenvalue weighted by atomic mass is 16.4. The van der Waals surface area contributed by atoms with E-state index in [0.29, 0.717) is 25.5 Å². The Hall–Kier alpha value is -1.47. The van der Waals surface area contributed by atoms with E-state index in [1.165, 1.54) is 4.68 Å². The van der Waals surface area contributed by atoms with Gasteiger partial charge in [-0.2, -0.15) is 0 Å². The van der Waals surface area contributed by atoms with Crippen LogP contribution >= 0.6 is 0 Å². The van der Waals surface area contributed by atoms with Crippen LogP contribution in [0, 0.1) is 6.92 Å². The Balaban J connectivity index is 2.50. The van der Waals surface area contributed by atoms with E-state index in [9.17, 15) is 4.79 Å². The third-order valence-corrected chi connectivity index (χ3v) is 1.84. The first-order valence-corrected chi connectivity index (χ1v) is 4.61. The molecular formula is C8H14N4O3. The van der Waals surface area contributed by atoms with Crippen LogP contribution in [0.4, 0.5) is 0 Å². The monoisotopic (exact) mass is 214 g/mol. The molecule has 0 fully saturated rings. The fourth-order valence-electron chi connectivity index (χ4n) is 1.11. The predicted molar refractivity (Wildman–Crippen MR) is 51.7 cm³/mol. The number of aliphatic hydroxyl groups is 1. The van der Waals surface area contributed by atoms with Gasteiger partial charge in [0.1, 0.15) is 5.82 Å². The lowest BCUT2D eigenvalue weighted by atomic mass is 10.5. The summed E-state index contributed by atoms with van der Waals surface area (Å²) in [5.41, 5.74) is 0. The Morgan fingerprint density at radius 2 is 2.27 bits per heavy atom. The van der Waals surface area contributed by atoms with Crippen molar-refractivity contribution in [1.29, 1.82) is 0 Å². The maximum Gasteiger partial charge on any atom is 0.375 e. The molecule has 1 aromatic heterocycles. The van der Waals surface area contributed by atoms with Crippen LogP contribution in [0.5, 0.6) is 0 Å². The Morgan fingerprint density at radius 3 is 2.80 bits per heavy atom. The molecule has 0 bridgehead atoms. The number of carboxylic acids is 1. The van der Waals surface area contributed by atoms with Gasteiger partial charge in [-0.25, -0.2) is 14.5 Å². The summed E-state index contributed by atoms with van der Waals surface area (Å²) in [5.74, 6) is -0.743. The van der Waals surface area contributed by atoms with Crippen molar-refractivity contribution >= 4 is 5.97 Å². The minimum atomic E-state index is -1.12. The topological polar surface area (TPSA) is 100 Å². The molecule has 1 heterocycles. The summed E-state index contributed by atoms with van der Waals surface area (Å²) in [4.78, 5) is 14.3. The second kappa shape index (κ2) is 5.42. The lowest BCUT2D eigenvalue weighted by molar-refractivity contribution is 0.0683. The van der Waals surface area contributed by atoms with E-state index >= 15 is 0 Å². The predicted octanol–water partition coefficient (Wildman–Crippen LogP) is -1.13. The number of hydrogen-bond donors (Lipinski definition) is 3. The fraction of sp³-hybridized carbons (Fsp3) is 0.625. The van der Waals surface area contributed by atoms with Gasteiger partial charge in [-0.15, -0.1) is 5.10 Å². The van der Waals surface area contributed by atoms with E-state index in [4.69, 9.17) is 10.2 Å². The van der Waals surface area contributed by atoms with Gasteiger partial charge in [-0.05, 0) is 6.92 Å². The first-order valence-electron chi connectivity index (χ1n) is 4.61. The minimum Gasteiger partial charge on any atom is -0.475 e. The maximum atomic E-state index is 10.6. The maximum absolute atomic E-state index is 10.6. The molecule has 0 unspecified atom stereocenters. The summed E-state index contributed by atoms with van der Waals surface area (Å²) >= 11 is 0. The van der Waals surface area contributed by atoms with Crippen LogP contribution in [-0.2, 0) is 6.54 Å². The molecule has 0 saturated carbocycles. The van der Waals surface area contributed by atoms with Crippen LogP contribution in [0.25, 0.3) is 0 Å². The van der Waals surface area contributed by atoms with Crippen molar-refractivity contribution in [2.75, 3.05) is 19.7 Å². The van der Waals surface area contributed by atoms with Gasteiger partial charge in [-0.3, -0.25) is 0 Å². The number of rotatable bonds is 6. The number of carbonyl (C=O) groups is 1. The van der Waals surface area contributed by atoms with Crippen molar-refractivity contribution in [3.63, 3.8) is 0 Å². The van der Waals surface area contributed by atoms with Crippen LogP contribution in [0.15, 0.2) is 0 Å². The number of aliphatic hydroxyl groups excluding tert-OH is 1. The zero-order chi connectivity index (χ0) is 11.3. The molecule has 15 heavy (non-hydrogen) atoms. The quantitative estimate of drug-likeness (QED) is 0.518. The van der Waals surface area contributed by atoms with Gasteiger partial charge in [0.15, 0.2) is 0 Å². The molecule has 0 spiro atoms. The summed E-state index contributed by atoms with van der Waals surface area (Å²) in [6.45, 7) is 3.44. The Kier molecular flexibility index (Phi) is 4.19. The first-order chi connectivity index (χ1) is 7.15. The third kappa shape index (κ3) is 3.30. The van der Waals surface area contributed by atoms with Gasteiger partial charge in [-0.1, -0.05) is 0 Å². The van der Waals surface area contributed by atoms with E-state index in [2.05, 4.69) is 15.4 Å². The molecule has 0 aliphatic carbocycles. The van der Waals surface area contributed by atoms with Crippen molar-refractivity contribution < 1.29 is 15.0 Å². The van der Waals surface area contributed by atoms with Crippen molar-refractivity contribution in [2.24, 2.45) is 0 Å². The molecule has 3 N–H and O–H groups in total. The van der Waals surface area contributed by atoms with Crippen molar-refractivity contribution in [2.45, 2.75) is 13.5 Å². The van der Waals surface area contributed by atoms with E-state index < -0.39 is 5.97 Å². The number of hydrogen-bond acceptors (Lipinski definition) is 5. The lowest BCUT2D eigenvalue weighted by Gasteiger charge is -2.03. The smallest absolute Gasteiger partial charge is 0.375 e. The SMILES string of the molecule is Cc1nc(C(=O)O)nn1CCNCCO.